The summed E-state index contributed by atoms with van der Waals surface area (Å²) in [6, 6.07) is 2.75. The van der Waals surface area contributed by atoms with Crippen LogP contribution in [0.25, 0.3) is 6.08 Å². The number of nitrogens with zero attached hydrogens (tertiary/aromatic N) is 1. The van der Waals surface area contributed by atoms with Gasteiger partial charge in [-0.15, -0.1) is 0 Å². The second-order valence-electron chi connectivity index (χ2n) is 2.71. The van der Waals surface area contributed by atoms with Gasteiger partial charge in [0.15, 0.2) is 0 Å². The maximum Gasteiger partial charge on any atom is 1.00 e. The van der Waals surface area contributed by atoms with Crippen LogP contribution in [0.2, 0.25) is 0 Å². The summed E-state index contributed by atoms with van der Waals surface area (Å²) in [7, 11) is 0. The fourth-order valence-corrected chi connectivity index (χ4v) is 1.00. The van der Waals surface area contributed by atoms with E-state index in [0.717, 1.165) is 0 Å². The van der Waals surface area contributed by atoms with Gasteiger partial charge in [0, 0.05) is 6.20 Å². The molecule has 0 saturated heterocycles. The Bertz CT molecular complexity index is 314. The van der Waals surface area contributed by atoms with Crippen LogP contribution in [-0.4, -0.2) is 12.0 Å². The van der Waals surface area contributed by atoms with Crippen LogP contribution in [0, 0.1) is 0 Å². The summed E-state index contributed by atoms with van der Waals surface area (Å²) in [4.78, 5) is 3.81. The number of aromatic nitrogens is 1. The molecule has 0 amide bonds. The Labute approximate surface area is 123 Å². The topological polar surface area (TPSA) is 12.9 Å². The van der Waals surface area contributed by atoms with Crippen LogP contribution >= 0.6 is 0 Å². The summed E-state index contributed by atoms with van der Waals surface area (Å²) in [6.45, 7) is -1.34. The molecule has 0 aliphatic rings. The third kappa shape index (κ3) is 5.31. The fourth-order valence-electron chi connectivity index (χ4n) is 1.00. The van der Waals surface area contributed by atoms with Crippen LogP contribution in [0.1, 0.15) is 11.3 Å². The molecule has 6 heteroatoms. The predicted octanol–water partition coefficient (Wildman–Crippen LogP) is -0.342. The smallest absolute Gasteiger partial charge is 0.449 e. The molecule has 0 unspecified atom stereocenters. The van der Waals surface area contributed by atoms with E-state index in [-0.39, 0.29) is 56.9 Å². The van der Waals surface area contributed by atoms with Crippen molar-refractivity contribution in [3.63, 3.8) is 0 Å². The predicted molar refractivity (Wildman–Crippen MR) is 47.1 cm³/mol. The maximum atomic E-state index is 12.0. The Kier molecular flexibility index (Phi) is 6.24. The fraction of sp³-hybridized carbons (Fsp3) is 0.125. The van der Waals surface area contributed by atoms with Gasteiger partial charge in [-0.3, -0.25) is 4.98 Å². The molecule has 1 aromatic heterocycles. The van der Waals surface area contributed by atoms with Gasteiger partial charge < -0.3 is 12.9 Å². The molecule has 1 aromatic rings. The summed E-state index contributed by atoms with van der Waals surface area (Å²) in [5.41, 5.74) is 0.704. The third-order valence-electron chi connectivity index (χ3n) is 1.52. The minimum atomic E-state index is -4.76. The van der Waals surface area contributed by atoms with Crippen LogP contribution in [0.5, 0.6) is 0 Å². The van der Waals surface area contributed by atoms with E-state index in [4.69, 9.17) is 0 Å². The molecule has 1 nitrogen and oxygen atoms in total. The Morgan fingerprint density at radius 3 is 2.57 bits per heavy atom. The molecule has 0 fully saturated rings. The van der Waals surface area contributed by atoms with E-state index in [1.54, 1.807) is 0 Å². The standard InChI is InChI=1S/C8H8BF3N.K/c1-2-8-5-7(3-4-13-8)6-9(10,11)12;/h2-5H,1,6H2;/q-1;+1. The molecular weight excluding hydrogens is 217 g/mol. The van der Waals surface area contributed by atoms with E-state index in [0.29, 0.717) is 5.69 Å². The Hall–Kier alpha value is 0.381. The molecule has 0 aliphatic carbocycles. The zero-order valence-corrected chi connectivity index (χ0v) is 11.0. The number of hydrogen-bond donors (Lipinski definition) is 0. The van der Waals surface area contributed by atoms with Gasteiger partial charge in [-0.1, -0.05) is 18.5 Å². The van der Waals surface area contributed by atoms with Crippen LogP contribution in [-0.2, 0) is 6.32 Å². The van der Waals surface area contributed by atoms with Crippen molar-refractivity contribution in [3.8, 4) is 0 Å². The third-order valence-corrected chi connectivity index (χ3v) is 1.52. The molecule has 70 valence electrons. The van der Waals surface area contributed by atoms with Crippen molar-refractivity contribution in [1.82, 2.24) is 4.98 Å². The van der Waals surface area contributed by atoms with Crippen molar-refractivity contribution in [2.45, 2.75) is 6.32 Å². The average molecular weight is 225 g/mol. The zero-order valence-electron chi connectivity index (χ0n) is 7.88. The summed E-state index contributed by atoms with van der Waals surface area (Å²) in [5, 5.41) is 0. The summed E-state index contributed by atoms with van der Waals surface area (Å²) in [5.74, 6) is 0. The van der Waals surface area contributed by atoms with E-state index in [9.17, 15) is 12.9 Å². The first-order valence-electron chi connectivity index (χ1n) is 3.79. The molecular formula is C8H8BF3KN. The zero-order chi connectivity index (χ0) is 9.90. The van der Waals surface area contributed by atoms with Crippen molar-refractivity contribution < 1.29 is 64.3 Å². The van der Waals surface area contributed by atoms with Crippen LogP contribution in [0.3, 0.4) is 0 Å². The molecule has 0 N–H and O–H groups in total. The van der Waals surface area contributed by atoms with Crippen LogP contribution < -0.4 is 51.4 Å². The van der Waals surface area contributed by atoms with Crippen molar-refractivity contribution in [2.75, 3.05) is 0 Å². The van der Waals surface area contributed by atoms with E-state index in [1.165, 1.54) is 24.4 Å². The molecule has 1 rings (SSSR count). The van der Waals surface area contributed by atoms with Gasteiger partial charge in [0.25, 0.3) is 0 Å². The van der Waals surface area contributed by atoms with Gasteiger partial charge in [-0.25, -0.2) is 0 Å². The van der Waals surface area contributed by atoms with E-state index >= 15 is 0 Å². The minimum Gasteiger partial charge on any atom is -0.449 e. The van der Waals surface area contributed by atoms with Crippen LogP contribution in [0.4, 0.5) is 12.9 Å². The van der Waals surface area contributed by atoms with Gasteiger partial charge in [-0.2, -0.15) is 0 Å². The molecule has 0 aliphatic heterocycles. The Morgan fingerprint density at radius 2 is 2.07 bits per heavy atom. The van der Waals surface area contributed by atoms with Gasteiger partial charge >= 0.3 is 58.4 Å². The largest absolute Gasteiger partial charge is 1.00 e. The maximum absolute atomic E-state index is 12.0. The Morgan fingerprint density at radius 1 is 1.43 bits per heavy atom. The molecule has 0 saturated carbocycles. The number of rotatable bonds is 3. The number of halogens is 3. The van der Waals surface area contributed by atoms with Gasteiger partial charge in [-0.05, 0) is 18.2 Å². The van der Waals surface area contributed by atoms with Gasteiger partial charge in [0.2, 0.25) is 0 Å². The first-order valence-corrected chi connectivity index (χ1v) is 3.79. The molecule has 0 bridgehead atoms. The quantitative estimate of drug-likeness (QED) is 0.641. The number of pyridine rings is 1. The SMILES string of the molecule is C=Cc1cc(C[B-](F)(F)F)ccn1.[K+]. The molecule has 14 heavy (non-hydrogen) atoms. The molecule has 0 radical (unpaired) electrons. The monoisotopic (exact) mass is 225 g/mol. The molecule has 0 aromatic carbocycles. The molecule has 1 heterocycles. The van der Waals surface area contributed by atoms with Crippen molar-refractivity contribution in [1.29, 1.82) is 0 Å². The summed E-state index contributed by atoms with van der Waals surface area (Å²) < 4.78 is 36.0. The van der Waals surface area contributed by atoms with Crippen molar-refractivity contribution >= 4 is 13.1 Å². The molecule has 0 atom stereocenters. The van der Waals surface area contributed by atoms with E-state index in [1.807, 2.05) is 0 Å². The normalized spacial score (nSPS) is 10.5. The number of hydrogen-bond acceptors (Lipinski definition) is 1. The van der Waals surface area contributed by atoms with Crippen molar-refractivity contribution in [3.05, 3.63) is 36.2 Å². The first-order chi connectivity index (χ1) is 6.01. The summed E-state index contributed by atoms with van der Waals surface area (Å²) >= 11 is 0. The second-order valence-corrected chi connectivity index (χ2v) is 2.71. The Balaban J connectivity index is 0.00000169. The van der Waals surface area contributed by atoms with Gasteiger partial charge in [0.1, 0.15) is 0 Å². The van der Waals surface area contributed by atoms with Gasteiger partial charge in [0.05, 0.1) is 5.69 Å². The van der Waals surface area contributed by atoms with E-state index < -0.39 is 13.3 Å². The average Bonchev–Trinajstić information content (AvgIpc) is 2.01. The van der Waals surface area contributed by atoms with E-state index in [2.05, 4.69) is 11.6 Å². The minimum absolute atomic E-state index is 0. The first kappa shape index (κ1) is 14.4. The van der Waals surface area contributed by atoms with Crippen LogP contribution in [0.15, 0.2) is 24.9 Å². The summed E-state index contributed by atoms with van der Waals surface area (Å²) in [6.07, 6.45) is 1.92. The molecule has 0 spiro atoms. The van der Waals surface area contributed by atoms with Crippen molar-refractivity contribution in [2.24, 2.45) is 0 Å². The second kappa shape index (κ2) is 6.07.